The smallest absolute Gasteiger partial charge is 0.448 e. The normalized spacial score (nSPS) is 12.4. The number of amides is 1. The lowest BCUT2D eigenvalue weighted by molar-refractivity contribution is -0.300. The van der Waals surface area contributed by atoms with E-state index in [1.54, 1.807) is 20.8 Å². The molecule has 0 heterocycles. The minimum atomic E-state index is -5.04. The highest BCUT2D eigenvalue weighted by Gasteiger charge is 2.24. The van der Waals surface area contributed by atoms with Crippen molar-refractivity contribution in [2.45, 2.75) is 26.4 Å². The third kappa shape index (κ3) is 9.18. The molecule has 0 unspecified atom stereocenters. The quantitative estimate of drug-likeness (QED) is 0.442. The zero-order valence-electron chi connectivity index (χ0n) is 8.14. The van der Waals surface area contributed by atoms with Gasteiger partial charge >= 0.3 is 13.1 Å². The van der Waals surface area contributed by atoms with Gasteiger partial charge in [0.2, 0.25) is 0 Å². The van der Waals surface area contributed by atoms with Crippen LogP contribution in [0, 0.1) is 0 Å². The number of halogens is 3. The van der Waals surface area contributed by atoms with Gasteiger partial charge < -0.3 is 18.3 Å². The Balaban J connectivity index is 3.68. The van der Waals surface area contributed by atoms with E-state index in [1.807, 2.05) is 0 Å². The Morgan fingerprint density at radius 2 is 1.86 bits per heavy atom. The van der Waals surface area contributed by atoms with Crippen molar-refractivity contribution < 1.29 is 27.5 Å². The van der Waals surface area contributed by atoms with Crippen molar-refractivity contribution in [3.05, 3.63) is 0 Å². The van der Waals surface area contributed by atoms with Crippen LogP contribution >= 0.6 is 0 Å². The lowest BCUT2D eigenvalue weighted by Gasteiger charge is -2.18. The monoisotopic (exact) mass is 214 g/mol. The van der Waals surface area contributed by atoms with Crippen LogP contribution in [-0.2, 0) is 9.78 Å². The predicted octanol–water partition coefficient (Wildman–Crippen LogP) is 1.83. The number of hydrogen-bond acceptors (Lipinski definition) is 3. The maximum absolute atomic E-state index is 11.6. The average molecular weight is 214 g/mol. The van der Waals surface area contributed by atoms with Crippen LogP contribution in [0.3, 0.4) is 0 Å². The summed E-state index contributed by atoms with van der Waals surface area (Å²) in [6.45, 7) is -0.271. The fourth-order valence-electron chi connectivity index (χ4n) is 0.391. The Morgan fingerprint density at radius 3 is 2.21 bits per heavy atom. The molecule has 0 aliphatic carbocycles. The lowest BCUT2D eigenvalue weighted by atomic mass is 9.93. The van der Waals surface area contributed by atoms with Gasteiger partial charge in [0.1, 0.15) is 5.60 Å². The van der Waals surface area contributed by atoms with Gasteiger partial charge in [-0.15, -0.1) is 0 Å². The summed E-state index contributed by atoms with van der Waals surface area (Å²) < 4.78 is 34.9. The minimum Gasteiger partial charge on any atom is -0.448 e. The molecule has 0 bridgehead atoms. The number of carbonyl (C=O) groups is 1. The molecule has 0 aromatic heterocycles. The second-order valence-electron chi connectivity index (χ2n) is 3.66. The van der Waals surface area contributed by atoms with Crippen LogP contribution < -0.4 is 5.32 Å². The zero-order chi connectivity index (χ0) is 11.4. The van der Waals surface area contributed by atoms with E-state index in [0.29, 0.717) is 0 Å². The molecule has 0 aliphatic heterocycles. The average Bonchev–Trinajstić information content (AvgIpc) is 1.94. The molecule has 0 saturated carbocycles. The topological polar surface area (TPSA) is 47.6 Å². The summed E-state index contributed by atoms with van der Waals surface area (Å²) in [7, 11) is 0. The van der Waals surface area contributed by atoms with Gasteiger partial charge in [0.05, 0.1) is 0 Å². The van der Waals surface area contributed by atoms with E-state index < -0.39 is 25.1 Å². The molecule has 0 fully saturated rings. The first-order valence-electron chi connectivity index (χ1n) is 3.95. The van der Waals surface area contributed by atoms with Crippen LogP contribution in [0.2, 0.25) is 0 Å². The van der Waals surface area contributed by atoms with Crippen molar-refractivity contribution in [2.75, 3.05) is 6.44 Å². The van der Waals surface area contributed by atoms with Gasteiger partial charge in [-0.3, -0.25) is 4.89 Å². The molecule has 0 aromatic rings. The van der Waals surface area contributed by atoms with E-state index in [1.165, 1.54) is 5.32 Å². The maximum atomic E-state index is 11.6. The molecular formula is C6H12BF3NO3-. The van der Waals surface area contributed by atoms with Gasteiger partial charge in [0, 0.05) is 0 Å². The zero-order valence-corrected chi connectivity index (χ0v) is 8.14. The molecule has 1 N–H and O–H groups in total. The van der Waals surface area contributed by atoms with E-state index in [9.17, 15) is 17.7 Å². The first-order valence-corrected chi connectivity index (χ1v) is 3.95. The molecule has 0 aliphatic rings. The first-order chi connectivity index (χ1) is 6.10. The molecule has 0 saturated heterocycles. The van der Waals surface area contributed by atoms with E-state index >= 15 is 0 Å². The number of nitrogens with one attached hydrogen (secondary N) is 1. The predicted molar refractivity (Wildman–Crippen MR) is 44.4 cm³/mol. The molecule has 8 heteroatoms. The largest absolute Gasteiger partial charge is 0.497 e. The summed E-state index contributed by atoms with van der Waals surface area (Å²) in [4.78, 5) is 19.1. The summed E-state index contributed by atoms with van der Waals surface area (Å²) in [6, 6.07) is 0. The Labute approximate surface area is 79.7 Å². The third-order valence-electron chi connectivity index (χ3n) is 0.845. The van der Waals surface area contributed by atoms with E-state index in [0.717, 1.165) is 0 Å². The first kappa shape index (κ1) is 13.1. The standard InChI is InChI=1S/C6H12BF3NO3/c1-6(2,3)14-13-5(12)11-4-7(8,9)10/h4H2,1-3H3,(H,11,12)/q-1. The lowest BCUT2D eigenvalue weighted by Crippen LogP contribution is -2.38. The van der Waals surface area contributed by atoms with Gasteiger partial charge in [-0.1, -0.05) is 0 Å². The van der Waals surface area contributed by atoms with Crippen LogP contribution in [0.4, 0.5) is 17.7 Å². The number of rotatable bonds is 3. The Morgan fingerprint density at radius 1 is 1.36 bits per heavy atom. The fraction of sp³-hybridized carbons (Fsp3) is 0.833. The van der Waals surface area contributed by atoms with Crippen molar-refractivity contribution in [3.63, 3.8) is 0 Å². The van der Waals surface area contributed by atoms with Crippen molar-refractivity contribution in [1.82, 2.24) is 5.32 Å². The van der Waals surface area contributed by atoms with Gasteiger partial charge in [-0.05, 0) is 27.2 Å². The van der Waals surface area contributed by atoms with E-state index in [-0.39, 0.29) is 0 Å². The van der Waals surface area contributed by atoms with Gasteiger partial charge in [-0.25, -0.2) is 4.79 Å². The van der Waals surface area contributed by atoms with Crippen molar-refractivity contribution in [1.29, 1.82) is 0 Å². The fourth-order valence-corrected chi connectivity index (χ4v) is 0.391. The molecule has 0 spiro atoms. The summed E-state index contributed by atoms with van der Waals surface area (Å²) in [5, 5.41) is 1.51. The minimum absolute atomic E-state index is 0.749. The van der Waals surface area contributed by atoms with Crippen LogP contribution in [0.15, 0.2) is 0 Å². The number of hydrogen-bond donors (Lipinski definition) is 1. The third-order valence-corrected chi connectivity index (χ3v) is 0.845. The summed E-state index contributed by atoms with van der Waals surface area (Å²) in [6.07, 6.45) is -2.63. The summed E-state index contributed by atoms with van der Waals surface area (Å²) in [5.41, 5.74) is -0.749. The highest BCUT2D eigenvalue weighted by Crippen LogP contribution is 2.08. The molecule has 14 heavy (non-hydrogen) atoms. The van der Waals surface area contributed by atoms with Crippen molar-refractivity contribution in [2.24, 2.45) is 0 Å². The highest BCUT2D eigenvalue weighted by atomic mass is 19.4. The Kier molecular flexibility index (Phi) is 4.24. The SMILES string of the molecule is CC(C)(C)OOC(=O)NC[B-](F)(F)F. The van der Waals surface area contributed by atoms with Crippen molar-refractivity contribution >= 4 is 13.1 Å². The molecule has 84 valence electrons. The summed E-state index contributed by atoms with van der Waals surface area (Å²) in [5.74, 6) is 0. The molecule has 0 atom stereocenters. The van der Waals surface area contributed by atoms with Gasteiger partial charge in [0.15, 0.2) is 0 Å². The molecule has 0 aromatic carbocycles. The summed E-state index contributed by atoms with van der Waals surface area (Å²) >= 11 is 0. The van der Waals surface area contributed by atoms with Gasteiger partial charge in [0.25, 0.3) is 0 Å². The highest BCUT2D eigenvalue weighted by molar-refractivity contribution is 6.58. The van der Waals surface area contributed by atoms with E-state index in [4.69, 9.17) is 0 Å². The molecule has 4 nitrogen and oxygen atoms in total. The second kappa shape index (κ2) is 4.54. The molecule has 1 amide bonds. The molecule has 0 rings (SSSR count). The maximum Gasteiger partial charge on any atom is 0.497 e. The second-order valence-corrected chi connectivity index (χ2v) is 3.66. The van der Waals surface area contributed by atoms with Crippen LogP contribution in [0.1, 0.15) is 20.8 Å². The number of carbonyl (C=O) groups excluding carboxylic acids is 1. The van der Waals surface area contributed by atoms with E-state index in [2.05, 4.69) is 9.78 Å². The molecule has 0 radical (unpaired) electrons. The van der Waals surface area contributed by atoms with Gasteiger partial charge in [-0.2, -0.15) is 4.89 Å². The Hall–Kier alpha value is -0.915. The Bertz CT molecular complexity index is 181. The van der Waals surface area contributed by atoms with Crippen LogP contribution in [0.25, 0.3) is 0 Å². The van der Waals surface area contributed by atoms with Crippen LogP contribution in [-0.4, -0.2) is 25.1 Å². The molecular weight excluding hydrogens is 202 g/mol. The van der Waals surface area contributed by atoms with Crippen molar-refractivity contribution in [3.8, 4) is 0 Å². The van der Waals surface area contributed by atoms with Crippen LogP contribution in [0.5, 0.6) is 0 Å².